The second kappa shape index (κ2) is 8.31. The number of nitrogens with one attached hydrogen (secondary N) is 1. The zero-order chi connectivity index (χ0) is 15.8. The Morgan fingerprint density at radius 2 is 1.85 bits per heavy atom. The predicted molar refractivity (Wildman–Crippen MR) is 71.3 cm³/mol. The molecule has 0 spiro atoms. The molecule has 4 N–H and O–H groups in total. The summed E-state index contributed by atoms with van der Waals surface area (Å²) in [5.41, 5.74) is 3.19. The SMILES string of the molecule is COC(=O)CNC(=O)/C=C/[C@@H]([NH3+])CC(=O)OC(C)(C)C. The molecule has 0 rings (SSSR count). The van der Waals surface area contributed by atoms with Gasteiger partial charge in [0.25, 0.3) is 0 Å². The summed E-state index contributed by atoms with van der Waals surface area (Å²) in [4.78, 5) is 33.6. The molecule has 0 aliphatic heterocycles. The van der Waals surface area contributed by atoms with E-state index in [1.165, 1.54) is 19.3 Å². The molecule has 0 fully saturated rings. The lowest BCUT2D eigenvalue weighted by molar-refractivity contribution is -0.402. The molecule has 0 aromatic rings. The van der Waals surface area contributed by atoms with Crippen LogP contribution >= 0.6 is 0 Å². The highest BCUT2D eigenvalue weighted by Gasteiger charge is 2.19. The van der Waals surface area contributed by atoms with Gasteiger partial charge in [-0.25, -0.2) is 0 Å². The molecule has 0 radical (unpaired) electrons. The average Bonchev–Trinajstić information content (AvgIpc) is 2.30. The van der Waals surface area contributed by atoms with Crippen molar-refractivity contribution in [3.05, 3.63) is 12.2 Å². The first kappa shape index (κ1) is 18.1. The van der Waals surface area contributed by atoms with E-state index in [1.54, 1.807) is 20.8 Å². The van der Waals surface area contributed by atoms with Crippen LogP contribution in [0.15, 0.2) is 12.2 Å². The Hall–Kier alpha value is -1.89. The largest absolute Gasteiger partial charge is 0.468 e. The van der Waals surface area contributed by atoms with Crippen LogP contribution < -0.4 is 11.1 Å². The molecule has 0 unspecified atom stereocenters. The quantitative estimate of drug-likeness (QED) is 0.490. The van der Waals surface area contributed by atoms with Gasteiger partial charge in [0, 0.05) is 6.08 Å². The molecule has 0 aromatic carbocycles. The van der Waals surface area contributed by atoms with Gasteiger partial charge in [0.2, 0.25) is 5.91 Å². The van der Waals surface area contributed by atoms with Crippen LogP contribution in [0, 0.1) is 0 Å². The van der Waals surface area contributed by atoms with E-state index in [0.717, 1.165) is 0 Å². The van der Waals surface area contributed by atoms with Crippen LogP contribution in [0.2, 0.25) is 0 Å². The molecule has 114 valence electrons. The van der Waals surface area contributed by atoms with Crippen molar-refractivity contribution < 1.29 is 29.6 Å². The topological polar surface area (TPSA) is 109 Å². The minimum Gasteiger partial charge on any atom is -0.468 e. The molecule has 0 aromatic heterocycles. The highest BCUT2D eigenvalue weighted by molar-refractivity contribution is 5.90. The zero-order valence-corrected chi connectivity index (χ0v) is 12.4. The second-order valence-corrected chi connectivity index (χ2v) is 5.20. The lowest BCUT2D eigenvalue weighted by atomic mass is 10.1. The monoisotopic (exact) mass is 287 g/mol. The number of rotatable bonds is 6. The second-order valence-electron chi connectivity index (χ2n) is 5.20. The number of quaternary nitrogens is 1. The van der Waals surface area contributed by atoms with Gasteiger partial charge in [-0.2, -0.15) is 0 Å². The molecule has 1 atom stereocenters. The molecular weight excluding hydrogens is 264 g/mol. The average molecular weight is 287 g/mol. The molecule has 7 heteroatoms. The van der Waals surface area contributed by atoms with E-state index >= 15 is 0 Å². The minimum atomic E-state index is -0.543. The van der Waals surface area contributed by atoms with Gasteiger partial charge >= 0.3 is 11.9 Å². The van der Waals surface area contributed by atoms with E-state index in [-0.39, 0.29) is 25.0 Å². The zero-order valence-electron chi connectivity index (χ0n) is 12.4. The summed E-state index contributed by atoms with van der Waals surface area (Å²) >= 11 is 0. The Balaban J connectivity index is 4.09. The number of ether oxygens (including phenoxy) is 2. The molecule has 7 nitrogen and oxygen atoms in total. The summed E-state index contributed by atoms with van der Waals surface area (Å²) < 4.78 is 9.51. The molecule has 0 saturated carbocycles. The lowest BCUT2D eigenvalue weighted by Gasteiger charge is -2.19. The summed E-state index contributed by atoms with van der Waals surface area (Å²) in [5.74, 6) is -1.36. The van der Waals surface area contributed by atoms with Crippen molar-refractivity contribution in [1.82, 2.24) is 5.32 Å². The van der Waals surface area contributed by atoms with E-state index in [4.69, 9.17) is 4.74 Å². The van der Waals surface area contributed by atoms with E-state index in [9.17, 15) is 14.4 Å². The molecule has 0 saturated heterocycles. The normalized spacial score (nSPS) is 12.8. The van der Waals surface area contributed by atoms with Crippen LogP contribution in [0.25, 0.3) is 0 Å². The van der Waals surface area contributed by atoms with E-state index in [1.807, 2.05) is 0 Å². The van der Waals surface area contributed by atoms with Crippen molar-refractivity contribution in [3.63, 3.8) is 0 Å². The maximum absolute atomic E-state index is 11.5. The third kappa shape index (κ3) is 10.1. The van der Waals surface area contributed by atoms with Crippen LogP contribution in [0.1, 0.15) is 27.2 Å². The van der Waals surface area contributed by atoms with Gasteiger partial charge in [-0.05, 0) is 26.8 Å². The van der Waals surface area contributed by atoms with Crippen LogP contribution in [-0.2, 0) is 23.9 Å². The van der Waals surface area contributed by atoms with Crippen molar-refractivity contribution in [2.75, 3.05) is 13.7 Å². The van der Waals surface area contributed by atoms with Crippen molar-refractivity contribution in [1.29, 1.82) is 0 Å². The van der Waals surface area contributed by atoms with E-state index in [0.29, 0.717) is 0 Å². The number of amides is 1. The first-order valence-electron chi connectivity index (χ1n) is 6.22. The summed E-state index contributed by atoms with van der Waals surface area (Å²) in [6.45, 7) is 5.13. The Morgan fingerprint density at radius 3 is 2.35 bits per heavy atom. The number of hydrogen-bond donors (Lipinski definition) is 2. The molecule has 20 heavy (non-hydrogen) atoms. The fraction of sp³-hybridized carbons (Fsp3) is 0.615. The third-order valence-corrected chi connectivity index (χ3v) is 2.00. The maximum atomic E-state index is 11.5. The van der Waals surface area contributed by atoms with Crippen molar-refractivity contribution >= 4 is 17.8 Å². The van der Waals surface area contributed by atoms with Crippen LogP contribution in [0.3, 0.4) is 0 Å². The fourth-order valence-corrected chi connectivity index (χ4v) is 1.18. The van der Waals surface area contributed by atoms with Crippen LogP contribution in [-0.4, -0.2) is 43.1 Å². The molecule has 1 amide bonds. The number of carbonyl (C=O) groups excluding carboxylic acids is 3. The van der Waals surface area contributed by atoms with Crippen molar-refractivity contribution in [2.24, 2.45) is 0 Å². The Kier molecular flexibility index (Phi) is 7.53. The fourth-order valence-electron chi connectivity index (χ4n) is 1.18. The molecular formula is C13H23N2O5+. The Labute approximate surface area is 118 Å². The molecule has 0 aliphatic rings. The van der Waals surface area contributed by atoms with Gasteiger partial charge in [-0.15, -0.1) is 0 Å². The van der Waals surface area contributed by atoms with E-state index in [2.05, 4.69) is 15.8 Å². The number of methoxy groups -OCH3 is 1. The third-order valence-electron chi connectivity index (χ3n) is 2.00. The first-order valence-corrected chi connectivity index (χ1v) is 6.22. The Bertz CT molecular complexity index is 385. The van der Waals surface area contributed by atoms with E-state index < -0.39 is 17.5 Å². The minimum absolute atomic E-state index is 0.0814. The first-order chi connectivity index (χ1) is 9.14. The number of esters is 2. The van der Waals surface area contributed by atoms with Gasteiger partial charge in [-0.3, -0.25) is 14.4 Å². The summed E-state index contributed by atoms with van der Waals surface area (Å²) in [7, 11) is 1.23. The maximum Gasteiger partial charge on any atom is 0.325 e. The van der Waals surface area contributed by atoms with Gasteiger partial charge in [-0.1, -0.05) is 0 Å². The number of carbonyl (C=O) groups is 3. The van der Waals surface area contributed by atoms with Gasteiger partial charge in [0.05, 0.1) is 7.11 Å². The van der Waals surface area contributed by atoms with Gasteiger partial charge in [0.15, 0.2) is 0 Å². The molecule has 0 bridgehead atoms. The van der Waals surface area contributed by atoms with Gasteiger partial charge < -0.3 is 20.5 Å². The summed E-state index contributed by atoms with van der Waals surface area (Å²) in [5, 5.41) is 2.34. The smallest absolute Gasteiger partial charge is 0.325 e. The number of hydrogen-bond acceptors (Lipinski definition) is 5. The summed E-state index contributed by atoms with van der Waals surface area (Å²) in [6.07, 6.45) is 2.79. The van der Waals surface area contributed by atoms with Crippen LogP contribution in [0.5, 0.6) is 0 Å². The molecule has 0 heterocycles. The highest BCUT2D eigenvalue weighted by Crippen LogP contribution is 2.08. The van der Waals surface area contributed by atoms with Gasteiger partial charge in [0.1, 0.15) is 24.6 Å². The Morgan fingerprint density at radius 1 is 1.25 bits per heavy atom. The summed E-state index contributed by atoms with van der Waals surface area (Å²) in [6, 6.07) is -0.381. The van der Waals surface area contributed by atoms with Crippen molar-refractivity contribution in [2.45, 2.75) is 38.8 Å². The lowest BCUT2D eigenvalue weighted by Crippen LogP contribution is -2.60. The standard InChI is InChI=1S/C13H22N2O5/c1-13(2,3)20-11(17)7-9(14)5-6-10(16)15-8-12(18)19-4/h5-6,9H,7-8,14H2,1-4H3,(H,15,16)/p+1/b6-5+/t9-/m1/s1. The van der Waals surface area contributed by atoms with Crippen molar-refractivity contribution in [3.8, 4) is 0 Å². The predicted octanol–water partition coefficient (Wildman–Crippen LogP) is -0.826. The van der Waals surface area contributed by atoms with Crippen LogP contribution in [0.4, 0.5) is 0 Å². The highest BCUT2D eigenvalue weighted by atomic mass is 16.6. The molecule has 0 aliphatic carbocycles.